The van der Waals surface area contributed by atoms with E-state index < -0.39 is 11.9 Å². The average molecular weight is 474 g/mol. The molecule has 1 saturated heterocycles. The first-order valence-electron chi connectivity index (χ1n) is 11.3. The summed E-state index contributed by atoms with van der Waals surface area (Å²) in [7, 11) is 1.57. The molecule has 1 atom stereocenters. The van der Waals surface area contributed by atoms with E-state index >= 15 is 0 Å². The van der Waals surface area contributed by atoms with Crippen LogP contribution in [0.15, 0.2) is 72.8 Å². The fraction of sp³-hybridized carbons (Fsp3) is 0.222. The molecule has 4 rings (SSSR count). The van der Waals surface area contributed by atoms with Crippen LogP contribution in [-0.2, 0) is 14.4 Å². The van der Waals surface area contributed by atoms with Crippen LogP contribution in [-0.4, -0.2) is 43.1 Å². The summed E-state index contributed by atoms with van der Waals surface area (Å²) < 4.78 is 5.28. The first-order chi connectivity index (χ1) is 16.9. The number of aliphatic carboxylic acids is 1. The average Bonchev–Trinajstić information content (AvgIpc) is 3.25. The van der Waals surface area contributed by atoms with Gasteiger partial charge in [-0.25, -0.2) is 0 Å². The van der Waals surface area contributed by atoms with E-state index in [-0.39, 0.29) is 31.3 Å². The van der Waals surface area contributed by atoms with E-state index in [0.29, 0.717) is 17.1 Å². The number of carbonyl (C=O) groups excluding carboxylic acids is 2. The fourth-order valence-electron chi connectivity index (χ4n) is 4.17. The molecule has 0 aromatic heterocycles. The van der Waals surface area contributed by atoms with E-state index in [1.165, 1.54) is 0 Å². The van der Waals surface area contributed by atoms with Crippen molar-refractivity contribution in [3.8, 4) is 5.75 Å². The molecule has 1 fully saturated rings. The second-order valence-corrected chi connectivity index (χ2v) is 8.41. The highest BCUT2D eigenvalue weighted by Crippen LogP contribution is 2.32. The normalized spacial score (nSPS) is 15.1. The van der Waals surface area contributed by atoms with Gasteiger partial charge >= 0.3 is 5.97 Å². The third-order valence-corrected chi connectivity index (χ3v) is 6.01. The molecule has 8 nitrogen and oxygen atoms in total. The predicted octanol–water partition coefficient (Wildman–Crippen LogP) is 4.22. The number of nitrogens with zero attached hydrogens (tertiary/aromatic N) is 2. The number of carboxylic acids is 1. The van der Waals surface area contributed by atoms with Gasteiger partial charge in [-0.15, -0.1) is 0 Å². The van der Waals surface area contributed by atoms with Crippen molar-refractivity contribution < 1.29 is 24.2 Å². The van der Waals surface area contributed by atoms with Gasteiger partial charge in [-0.05, 0) is 55.0 Å². The Balaban J connectivity index is 1.45. The Morgan fingerprint density at radius 3 is 2.40 bits per heavy atom. The number of para-hydroxylation sites is 1. The second kappa shape index (κ2) is 10.3. The first-order valence-corrected chi connectivity index (χ1v) is 11.3. The predicted molar refractivity (Wildman–Crippen MR) is 134 cm³/mol. The van der Waals surface area contributed by atoms with Crippen molar-refractivity contribution in [2.75, 3.05) is 35.3 Å². The summed E-state index contributed by atoms with van der Waals surface area (Å²) in [4.78, 5) is 40.3. The van der Waals surface area contributed by atoms with Gasteiger partial charge in [0.25, 0.3) is 0 Å². The molecule has 0 bridgehead atoms. The first kappa shape index (κ1) is 23.8. The molecular formula is C27H27N3O5. The molecule has 3 aromatic rings. The Labute approximate surface area is 203 Å². The Hall–Kier alpha value is -4.33. The van der Waals surface area contributed by atoms with E-state index in [4.69, 9.17) is 4.74 Å². The summed E-state index contributed by atoms with van der Waals surface area (Å²) in [5, 5.41) is 12.2. The van der Waals surface area contributed by atoms with Crippen LogP contribution >= 0.6 is 0 Å². The molecule has 0 aliphatic carbocycles. The minimum atomic E-state index is -0.951. The van der Waals surface area contributed by atoms with E-state index in [0.717, 1.165) is 16.9 Å². The Morgan fingerprint density at radius 1 is 1.06 bits per heavy atom. The number of carbonyl (C=O) groups is 3. The number of aryl methyl sites for hydroxylation is 1. The second-order valence-electron chi connectivity index (χ2n) is 8.41. The number of ether oxygens (including phenoxy) is 1. The zero-order valence-electron chi connectivity index (χ0n) is 19.6. The monoisotopic (exact) mass is 473 g/mol. The van der Waals surface area contributed by atoms with Gasteiger partial charge in [0, 0.05) is 36.1 Å². The maximum atomic E-state index is 12.9. The number of anilines is 4. The maximum Gasteiger partial charge on any atom is 0.323 e. The van der Waals surface area contributed by atoms with Gasteiger partial charge in [0.1, 0.15) is 12.3 Å². The standard InChI is InChI=1S/C27H27N3O5/c1-18-8-13-23(35-2)15-24(18)30-16-19(14-25(30)31)27(34)28-20-9-11-22(12-10-20)29(17-26(32)33)21-6-4-3-5-7-21/h3-13,15,19H,14,16-17H2,1-2H3,(H,28,34)(H,32,33). The molecule has 2 amide bonds. The van der Waals surface area contributed by atoms with Gasteiger partial charge in [0.05, 0.1) is 18.7 Å². The zero-order valence-corrected chi connectivity index (χ0v) is 19.6. The number of carboxylic acid groups (broad SMARTS) is 1. The summed E-state index contributed by atoms with van der Waals surface area (Å²) in [5.74, 6) is -1.13. The van der Waals surface area contributed by atoms with Gasteiger partial charge in [0.2, 0.25) is 11.8 Å². The largest absolute Gasteiger partial charge is 0.497 e. The maximum absolute atomic E-state index is 12.9. The fourth-order valence-corrected chi connectivity index (χ4v) is 4.17. The van der Waals surface area contributed by atoms with Crippen LogP contribution in [0, 0.1) is 12.8 Å². The van der Waals surface area contributed by atoms with Crippen LogP contribution in [0.4, 0.5) is 22.7 Å². The highest BCUT2D eigenvalue weighted by molar-refractivity contribution is 6.04. The molecule has 1 aliphatic heterocycles. The van der Waals surface area contributed by atoms with Crippen molar-refractivity contribution in [3.63, 3.8) is 0 Å². The summed E-state index contributed by atoms with van der Waals surface area (Å²) in [5.41, 5.74) is 3.69. The lowest BCUT2D eigenvalue weighted by molar-refractivity contribution is -0.135. The van der Waals surface area contributed by atoms with E-state index in [9.17, 15) is 19.5 Å². The third kappa shape index (κ3) is 5.43. The third-order valence-electron chi connectivity index (χ3n) is 6.01. The van der Waals surface area contributed by atoms with Crippen molar-refractivity contribution in [2.45, 2.75) is 13.3 Å². The van der Waals surface area contributed by atoms with Crippen LogP contribution in [0.3, 0.4) is 0 Å². The summed E-state index contributed by atoms with van der Waals surface area (Å²) in [6.45, 7) is 2.01. The smallest absolute Gasteiger partial charge is 0.323 e. The molecule has 0 saturated carbocycles. The van der Waals surface area contributed by atoms with Crippen LogP contribution in [0.5, 0.6) is 5.75 Å². The molecule has 1 heterocycles. The quantitative estimate of drug-likeness (QED) is 0.508. The molecule has 8 heteroatoms. The lowest BCUT2D eigenvalue weighted by Crippen LogP contribution is -2.28. The SMILES string of the molecule is COc1ccc(C)c(N2CC(C(=O)Nc3ccc(N(CC(=O)O)c4ccccc4)cc3)CC2=O)c1. The van der Waals surface area contributed by atoms with Crippen molar-refractivity contribution in [1.29, 1.82) is 0 Å². The van der Waals surface area contributed by atoms with Crippen molar-refractivity contribution in [3.05, 3.63) is 78.4 Å². The molecule has 0 radical (unpaired) electrons. The minimum absolute atomic E-state index is 0.107. The van der Waals surface area contributed by atoms with Crippen LogP contribution in [0.1, 0.15) is 12.0 Å². The molecule has 180 valence electrons. The minimum Gasteiger partial charge on any atom is -0.497 e. The van der Waals surface area contributed by atoms with Gasteiger partial charge < -0.3 is 25.0 Å². The van der Waals surface area contributed by atoms with Crippen LogP contribution < -0.4 is 19.9 Å². The summed E-state index contributed by atoms with van der Waals surface area (Å²) >= 11 is 0. The van der Waals surface area contributed by atoms with Crippen LogP contribution in [0.2, 0.25) is 0 Å². The topological polar surface area (TPSA) is 99.2 Å². The highest BCUT2D eigenvalue weighted by Gasteiger charge is 2.36. The number of rotatable bonds is 8. The van der Waals surface area contributed by atoms with Crippen molar-refractivity contribution >= 4 is 40.5 Å². The van der Waals surface area contributed by atoms with Gasteiger partial charge in [-0.1, -0.05) is 24.3 Å². The Bertz CT molecular complexity index is 1230. The van der Waals surface area contributed by atoms with Crippen molar-refractivity contribution in [1.82, 2.24) is 0 Å². The number of nitrogens with one attached hydrogen (secondary N) is 1. The van der Waals surface area contributed by atoms with Gasteiger partial charge in [-0.3, -0.25) is 14.4 Å². The van der Waals surface area contributed by atoms with Crippen molar-refractivity contribution in [2.24, 2.45) is 5.92 Å². The summed E-state index contributed by atoms with van der Waals surface area (Å²) in [6, 6.07) is 21.7. The summed E-state index contributed by atoms with van der Waals surface area (Å²) in [6.07, 6.45) is 0.126. The molecule has 0 spiro atoms. The van der Waals surface area contributed by atoms with E-state index in [1.54, 1.807) is 41.2 Å². The molecule has 3 aromatic carbocycles. The molecule has 35 heavy (non-hydrogen) atoms. The van der Waals surface area contributed by atoms with E-state index in [2.05, 4.69) is 5.32 Å². The number of hydrogen-bond acceptors (Lipinski definition) is 5. The van der Waals surface area contributed by atoms with Crippen LogP contribution in [0.25, 0.3) is 0 Å². The molecule has 2 N–H and O–H groups in total. The van der Waals surface area contributed by atoms with Gasteiger partial charge in [-0.2, -0.15) is 0 Å². The highest BCUT2D eigenvalue weighted by atomic mass is 16.5. The van der Waals surface area contributed by atoms with Gasteiger partial charge in [0.15, 0.2) is 0 Å². The number of methoxy groups -OCH3 is 1. The Morgan fingerprint density at radius 2 is 1.74 bits per heavy atom. The number of benzene rings is 3. The number of hydrogen-bond donors (Lipinski definition) is 2. The lowest BCUT2D eigenvalue weighted by Gasteiger charge is -2.23. The Kier molecular flexibility index (Phi) is 7.01. The van der Waals surface area contributed by atoms with E-state index in [1.807, 2.05) is 55.5 Å². The molecular weight excluding hydrogens is 446 g/mol. The zero-order chi connectivity index (χ0) is 24.9. The molecule has 1 unspecified atom stereocenters. The number of amides is 2. The molecule has 1 aliphatic rings. The lowest BCUT2D eigenvalue weighted by atomic mass is 10.1.